The Labute approximate surface area is 138 Å². The Balaban J connectivity index is 1.84. The Bertz CT molecular complexity index is 845. The van der Waals surface area contributed by atoms with Crippen molar-refractivity contribution in [2.45, 2.75) is 26.3 Å². The highest BCUT2D eigenvalue weighted by Gasteiger charge is 2.17. The third-order valence-corrected chi connectivity index (χ3v) is 3.88. The first kappa shape index (κ1) is 15.4. The zero-order valence-corrected chi connectivity index (χ0v) is 13.5. The monoisotopic (exact) mass is 330 g/mol. The molecular formula is C16H17ClN5O+. The van der Waals surface area contributed by atoms with Gasteiger partial charge in [-0.05, 0) is 29.2 Å². The Morgan fingerprint density at radius 2 is 2.04 bits per heavy atom. The fourth-order valence-corrected chi connectivity index (χ4v) is 2.60. The minimum atomic E-state index is -0.264. The number of rotatable bonds is 5. The zero-order valence-electron chi connectivity index (χ0n) is 12.7. The third-order valence-electron chi connectivity index (χ3n) is 3.55. The highest BCUT2D eigenvalue weighted by Crippen LogP contribution is 2.26. The summed E-state index contributed by atoms with van der Waals surface area (Å²) in [5.74, 6) is -0.00959. The molecule has 6 nitrogen and oxygen atoms in total. The van der Waals surface area contributed by atoms with Crippen LogP contribution >= 0.6 is 11.6 Å². The SMILES string of the molecule is CCCC[n+]1nc(NC(=O)c2cccc3c(Cl)cccc23)n[nH]1. The fraction of sp³-hybridized carbons (Fsp3) is 0.250. The Hall–Kier alpha value is -2.47. The van der Waals surface area contributed by atoms with Crippen LogP contribution in [0.5, 0.6) is 0 Å². The van der Waals surface area contributed by atoms with E-state index < -0.39 is 0 Å². The van der Waals surface area contributed by atoms with Gasteiger partial charge in [-0.2, -0.15) is 0 Å². The van der Waals surface area contributed by atoms with Gasteiger partial charge in [0.05, 0.1) is 5.10 Å². The van der Waals surface area contributed by atoms with Gasteiger partial charge in [0.25, 0.3) is 5.91 Å². The molecule has 0 saturated carbocycles. The number of H-pyrrole nitrogens is 1. The number of aromatic nitrogens is 4. The molecule has 7 heteroatoms. The van der Waals surface area contributed by atoms with Crippen molar-refractivity contribution >= 4 is 34.2 Å². The molecule has 2 N–H and O–H groups in total. The number of unbranched alkanes of at least 4 members (excludes halogenated alkanes) is 1. The first-order valence-corrected chi connectivity index (χ1v) is 7.88. The molecule has 0 atom stereocenters. The zero-order chi connectivity index (χ0) is 16.2. The van der Waals surface area contributed by atoms with Gasteiger partial charge >= 0.3 is 5.95 Å². The predicted octanol–water partition coefficient (Wildman–Crippen LogP) is 2.95. The fourth-order valence-electron chi connectivity index (χ4n) is 2.36. The van der Waals surface area contributed by atoms with E-state index >= 15 is 0 Å². The number of carbonyl (C=O) groups excluding carboxylic acids is 1. The molecule has 3 aromatic rings. The number of hydrogen-bond donors (Lipinski definition) is 2. The molecule has 0 saturated heterocycles. The molecule has 1 heterocycles. The topological polar surface area (TPSA) is 74.5 Å². The maximum Gasteiger partial charge on any atom is 0.407 e. The molecule has 0 unspecified atom stereocenters. The highest BCUT2D eigenvalue weighted by molar-refractivity contribution is 6.36. The van der Waals surface area contributed by atoms with Crippen molar-refractivity contribution < 1.29 is 9.59 Å². The number of tetrazole rings is 1. The molecule has 3 rings (SSSR count). The van der Waals surface area contributed by atoms with E-state index in [1.165, 1.54) is 0 Å². The van der Waals surface area contributed by atoms with Gasteiger partial charge in [0.15, 0.2) is 0 Å². The molecule has 0 spiro atoms. The van der Waals surface area contributed by atoms with E-state index in [0.717, 1.165) is 30.2 Å². The molecule has 0 aliphatic rings. The standard InChI is InChI=1S/C16H16ClN5O/c1-2-3-10-22-20-16(19-21-22)18-15(23)13-8-4-7-12-11(13)6-5-9-14(12)17/h4-9H,2-3,10H2,1H3,(H,18,20,23)/p+1. The molecule has 2 aromatic carbocycles. The van der Waals surface area contributed by atoms with Crippen LogP contribution in [-0.4, -0.2) is 21.3 Å². The number of hydrogen-bond acceptors (Lipinski definition) is 3. The van der Waals surface area contributed by atoms with Crippen molar-refractivity contribution in [1.29, 1.82) is 0 Å². The molecule has 0 fully saturated rings. The third kappa shape index (κ3) is 3.32. The number of anilines is 1. The van der Waals surface area contributed by atoms with E-state index in [1.54, 1.807) is 16.9 Å². The smallest absolute Gasteiger partial charge is 0.269 e. The first-order valence-electron chi connectivity index (χ1n) is 7.50. The van der Waals surface area contributed by atoms with Gasteiger partial charge in [0.1, 0.15) is 6.54 Å². The van der Waals surface area contributed by atoms with Gasteiger partial charge < -0.3 is 0 Å². The number of nitrogens with zero attached hydrogens (tertiary/aromatic N) is 3. The Kier molecular flexibility index (Phi) is 4.52. The van der Waals surface area contributed by atoms with Gasteiger partial charge in [0.2, 0.25) is 0 Å². The van der Waals surface area contributed by atoms with Gasteiger partial charge in [-0.3, -0.25) is 10.1 Å². The van der Waals surface area contributed by atoms with Crippen molar-refractivity contribution in [3.8, 4) is 0 Å². The highest BCUT2D eigenvalue weighted by atomic mass is 35.5. The van der Waals surface area contributed by atoms with Gasteiger partial charge in [-0.1, -0.05) is 54.0 Å². The maximum absolute atomic E-state index is 12.5. The van der Waals surface area contributed by atoms with E-state index in [4.69, 9.17) is 11.6 Å². The first-order chi connectivity index (χ1) is 11.2. The lowest BCUT2D eigenvalue weighted by Crippen LogP contribution is -2.39. The summed E-state index contributed by atoms with van der Waals surface area (Å²) in [6.45, 7) is 2.84. The van der Waals surface area contributed by atoms with E-state index in [1.807, 2.05) is 24.3 Å². The second kappa shape index (κ2) is 6.75. The molecule has 0 radical (unpaired) electrons. The van der Waals surface area contributed by atoms with Crippen LogP contribution in [0.4, 0.5) is 5.95 Å². The summed E-state index contributed by atoms with van der Waals surface area (Å²) < 4.78 is 0. The van der Waals surface area contributed by atoms with E-state index in [9.17, 15) is 4.79 Å². The molecule has 1 amide bonds. The molecular weight excluding hydrogens is 314 g/mol. The number of aromatic amines is 1. The lowest BCUT2D eigenvalue weighted by atomic mass is 10.0. The van der Waals surface area contributed by atoms with Crippen LogP contribution in [0.3, 0.4) is 0 Å². The van der Waals surface area contributed by atoms with Crippen LogP contribution in [0.15, 0.2) is 36.4 Å². The Morgan fingerprint density at radius 1 is 1.26 bits per heavy atom. The summed E-state index contributed by atoms with van der Waals surface area (Å²) in [7, 11) is 0. The van der Waals surface area contributed by atoms with Crippen molar-refractivity contribution in [1.82, 2.24) is 15.4 Å². The van der Waals surface area contributed by atoms with Crippen molar-refractivity contribution in [2.24, 2.45) is 0 Å². The molecule has 0 aliphatic heterocycles. The summed E-state index contributed by atoms with van der Waals surface area (Å²) in [4.78, 5) is 14.1. The van der Waals surface area contributed by atoms with Gasteiger partial charge in [0, 0.05) is 21.1 Å². The van der Waals surface area contributed by atoms with E-state index in [0.29, 0.717) is 10.6 Å². The number of nitrogens with one attached hydrogen (secondary N) is 2. The number of benzene rings is 2. The second-order valence-corrected chi connectivity index (χ2v) is 5.61. The largest absolute Gasteiger partial charge is 0.407 e. The minimum Gasteiger partial charge on any atom is -0.269 e. The summed E-state index contributed by atoms with van der Waals surface area (Å²) in [5, 5.41) is 15.9. The van der Waals surface area contributed by atoms with E-state index in [2.05, 4.69) is 27.7 Å². The van der Waals surface area contributed by atoms with Crippen molar-refractivity contribution in [3.05, 3.63) is 47.0 Å². The molecule has 1 aromatic heterocycles. The predicted molar refractivity (Wildman–Crippen MR) is 88.4 cm³/mol. The maximum atomic E-state index is 12.5. The molecule has 0 aliphatic carbocycles. The lowest BCUT2D eigenvalue weighted by Gasteiger charge is -2.05. The normalized spacial score (nSPS) is 10.9. The van der Waals surface area contributed by atoms with Crippen LogP contribution in [0, 0.1) is 0 Å². The number of fused-ring (bicyclic) bond motifs is 1. The van der Waals surface area contributed by atoms with Crippen molar-refractivity contribution in [2.75, 3.05) is 5.32 Å². The van der Waals surface area contributed by atoms with Crippen LogP contribution in [-0.2, 0) is 6.54 Å². The number of carbonyl (C=O) groups is 1. The quantitative estimate of drug-likeness (QED) is 0.706. The van der Waals surface area contributed by atoms with Crippen LogP contribution < -0.4 is 10.1 Å². The molecule has 23 heavy (non-hydrogen) atoms. The summed E-state index contributed by atoms with van der Waals surface area (Å²) in [5.41, 5.74) is 0.537. The van der Waals surface area contributed by atoms with E-state index in [-0.39, 0.29) is 11.9 Å². The number of amides is 1. The summed E-state index contributed by atoms with van der Waals surface area (Å²) in [6, 6.07) is 11.0. The number of aryl methyl sites for hydroxylation is 1. The lowest BCUT2D eigenvalue weighted by molar-refractivity contribution is -0.805. The van der Waals surface area contributed by atoms with Gasteiger partial charge in [-0.25, -0.2) is 0 Å². The molecule has 0 bridgehead atoms. The average molecular weight is 331 g/mol. The number of halogens is 1. The van der Waals surface area contributed by atoms with Crippen molar-refractivity contribution in [3.63, 3.8) is 0 Å². The average Bonchev–Trinajstić information content (AvgIpc) is 3.00. The van der Waals surface area contributed by atoms with Crippen LogP contribution in [0.25, 0.3) is 10.8 Å². The minimum absolute atomic E-state index is 0.255. The van der Waals surface area contributed by atoms with Gasteiger partial charge in [-0.15, -0.1) is 0 Å². The Morgan fingerprint density at radius 3 is 2.87 bits per heavy atom. The molecule has 118 valence electrons. The summed E-state index contributed by atoms with van der Waals surface area (Å²) >= 11 is 6.18. The summed E-state index contributed by atoms with van der Waals surface area (Å²) in [6.07, 6.45) is 2.06. The second-order valence-electron chi connectivity index (χ2n) is 5.21. The van der Waals surface area contributed by atoms with Crippen LogP contribution in [0.1, 0.15) is 30.1 Å². The van der Waals surface area contributed by atoms with Crippen LogP contribution in [0.2, 0.25) is 5.02 Å².